The van der Waals surface area contributed by atoms with Crippen LogP contribution in [0.5, 0.6) is 0 Å². The van der Waals surface area contributed by atoms with Gasteiger partial charge < -0.3 is 4.42 Å². The van der Waals surface area contributed by atoms with Gasteiger partial charge in [0.25, 0.3) is 0 Å². The van der Waals surface area contributed by atoms with Gasteiger partial charge in [-0.15, -0.1) is 0 Å². The topological polar surface area (TPSA) is 30.2 Å². The highest BCUT2D eigenvalue weighted by molar-refractivity contribution is 7.99. The van der Waals surface area contributed by atoms with Crippen LogP contribution >= 0.6 is 11.8 Å². The van der Waals surface area contributed by atoms with E-state index < -0.39 is 0 Å². The first kappa shape index (κ1) is 19.3. The molecular formula is C19H32O2S. The minimum atomic E-state index is 0.0237. The van der Waals surface area contributed by atoms with Gasteiger partial charge >= 0.3 is 0 Å². The Kier molecular flexibility index (Phi) is 9.61. The Balaban J connectivity index is 2.43. The molecule has 0 fully saturated rings. The minimum Gasteiger partial charge on any atom is -0.457 e. The van der Waals surface area contributed by atoms with Crippen LogP contribution in [0.4, 0.5) is 0 Å². The Hall–Kier alpha value is -0.700. The monoisotopic (exact) mass is 324 g/mol. The third-order valence-electron chi connectivity index (χ3n) is 4.03. The summed E-state index contributed by atoms with van der Waals surface area (Å²) in [5.41, 5.74) is 0.765. The van der Waals surface area contributed by atoms with Crippen LogP contribution in [0.2, 0.25) is 0 Å². The fraction of sp³-hybridized carbons (Fsp3) is 0.737. The molecule has 1 heterocycles. The first-order valence-electron chi connectivity index (χ1n) is 8.88. The molecule has 22 heavy (non-hydrogen) atoms. The second-order valence-corrected chi connectivity index (χ2v) is 7.62. The predicted molar refractivity (Wildman–Crippen MR) is 95.8 cm³/mol. The molecule has 0 aliphatic carbocycles. The van der Waals surface area contributed by atoms with Gasteiger partial charge in [0, 0.05) is 11.2 Å². The van der Waals surface area contributed by atoms with Gasteiger partial charge in [-0.1, -0.05) is 78.0 Å². The summed E-state index contributed by atoms with van der Waals surface area (Å²) in [4.78, 5) is 12.2. The van der Waals surface area contributed by atoms with Crippen molar-refractivity contribution in [1.29, 1.82) is 0 Å². The lowest BCUT2D eigenvalue weighted by Crippen LogP contribution is -2.08. The fourth-order valence-electron chi connectivity index (χ4n) is 2.53. The summed E-state index contributed by atoms with van der Waals surface area (Å²) in [6.07, 6.45) is 12.0. The molecule has 0 aliphatic heterocycles. The lowest BCUT2D eigenvalue weighted by molar-refractivity contribution is 0.0934. The van der Waals surface area contributed by atoms with Crippen LogP contribution in [0.15, 0.2) is 21.8 Å². The van der Waals surface area contributed by atoms with E-state index in [1.165, 1.54) is 44.9 Å². The normalized spacial score (nSPS) is 12.8. The highest BCUT2D eigenvalue weighted by atomic mass is 32.2. The van der Waals surface area contributed by atoms with E-state index in [9.17, 15) is 4.79 Å². The van der Waals surface area contributed by atoms with E-state index in [1.54, 1.807) is 18.0 Å². The van der Waals surface area contributed by atoms with E-state index in [1.807, 2.05) is 19.9 Å². The van der Waals surface area contributed by atoms with Crippen LogP contribution in [0.3, 0.4) is 0 Å². The highest BCUT2D eigenvalue weighted by Gasteiger charge is 2.20. The van der Waals surface area contributed by atoms with Crippen molar-refractivity contribution >= 4 is 17.5 Å². The molecule has 0 aliphatic rings. The number of Topliss-reactive ketones (excluding diaryl/α,β-unsaturated/α-hetero) is 1. The maximum Gasteiger partial charge on any atom is 0.171 e. The van der Waals surface area contributed by atoms with Gasteiger partial charge in [0.15, 0.2) is 10.9 Å². The Morgan fingerprint density at radius 3 is 2.45 bits per heavy atom. The van der Waals surface area contributed by atoms with Crippen LogP contribution in [-0.2, 0) is 0 Å². The average molecular weight is 325 g/mol. The smallest absolute Gasteiger partial charge is 0.171 e. The van der Waals surface area contributed by atoms with Crippen LogP contribution in [-0.4, -0.2) is 11.0 Å². The molecule has 0 bridgehead atoms. The zero-order valence-electron chi connectivity index (χ0n) is 14.7. The maximum atomic E-state index is 12.2. The third-order valence-corrected chi connectivity index (χ3v) is 5.46. The molecule has 126 valence electrons. The largest absolute Gasteiger partial charge is 0.457 e. The Bertz CT molecular complexity index is 423. The number of unbranched alkanes of at least 4 members (excludes halogenated alkanes) is 5. The first-order chi connectivity index (χ1) is 10.6. The molecular weight excluding hydrogens is 292 g/mol. The van der Waals surface area contributed by atoms with Crippen molar-refractivity contribution < 1.29 is 9.21 Å². The van der Waals surface area contributed by atoms with Crippen molar-refractivity contribution in [2.45, 2.75) is 89.4 Å². The molecule has 1 aromatic rings. The lowest BCUT2D eigenvalue weighted by atomic mass is 10.0. The van der Waals surface area contributed by atoms with E-state index in [0.29, 0.717) is 5.25 Å². The number of ketones is 1. The quantitative estimate of drug-likeness (QED) is 0.242. The van der Waals surface area contributed by atoms with Crippen LogP contribution in [0, 0.1) is 5.92 Å². The van der Waals surface area contributed by atoms with Gasteiger partial charge in [-0.3, -0.25) is 4.79 Å². The van der Waals surface area contributed by atoms with Crippen molar-refractivity contribution in [2.75, 3.05) is 0 Å². The number of furan rings is 1. The van der Waals surface area contributed by atoms with Gasteiger partial charge in [-0.05, 0) is 18.9 Å². The fourth-order valence-corrected chi connectivity index (χ4v) is 3.69. The van der Waals surface area contributed by atoms with Crippen molar-refractivity contribution in [3.05, 3.63) is 17.9 Å². The Morgan fingerprint density at radius 1 is 1.14 bits per heavy atom. The minimum absolute atomic E-state index is 0.0237. The zero-order valence-corrected chi connectivity index (χ0v) is 15.5. The first-order valence-corrected chi connectivity index (χ1v) is 9.76. The summed E-state index contributed by atoms with van der Waals surface area (Å²) < 4.78 is 5.57. The van der Waals surface area contributed by atoms with E-state index in [0.717, 1.165) is 17.1 Å². The maximum absolute atomic E-state index is 12.2. The number of thioether (sulfide) groups is 1. The van der Waals surface area contributed by atoms with Crippen molar-refractivity contribution in [2.24, 2.45) is 5.92 Å². The number of hydrogen-bond donors (Lipinski definition) is 0. The zero-order chi connectivity index (χ0) is 16.4. The number of carbonyl (C=O) groups is 1. The highest BCUT2D eigenvalue weighted by Crippen LogP contribution is 2.33. The van der Waals surface area contributed by atoms with E-state index >= 15 is 0 Å². The van der Waals surface area contributed by atoms with Gasteiger partial charge in [0.05, 0.1) is 11.8 Å². The third kappa shape index (κ3) is 6.60. The van der Waals surface area contributed by atoms with Crippen molar-refractivity contribution in [1.82, 2.24) is 0 Å². The van der Waals surface area contributed by atoms with Gasteiger partial charge in [-0.25, -0.2) is 0 Å². The van der Waals surface area contributed by atoms with Crippen molar-refractivity contribution in [3.63, 3.8) is 0 Å². The van der Waals surface area contributed by atoms with Crippen LogP contribution in [0.1, 0.15) is 89.4 Å². The van der Waals surface area contributed by atoms with E-state index in [4.69, 9.17) is 4.42 Å². The molecule has 1 rings (SSSR count). The molecule has 0 saturated carbocycles. The predicted octanol–water partition coefficient (Wildman–Crippen LogP) is 6.74. The molecule has 0 radical (unpaired) electrons. The van der Waals surface area contributed by atoms with E-state index in [-0.39, 0.29) is 11.7 Å². The molecule has 1 atom stereocenters. The average Bonchev–Trinajstić information content (AvgIpc) is 2.96. The van der Waals surface area contributed by atoms with Crippen molar-refractivity contribution in [3.8, 4) is 0 Å². The van der Waals surface area contributed by atoms with Crippen LogP contribution in [0.25, 0.3) is 0 Å². The Labute approximate surface area is 140 Å². The van der Waals surface area contributed by atoms with Gasteiger partial charge in [0.1, 0.15) is 0 Å². The van der Waals surface area contributed by atoms with E-state index in [2.05, 4.69) is 13.8 Å². The number of carbonyl (C=O) groups excluding carboxylic acids is 1. The molecule has 3 heteroatoms. The summed E-state index contributed by atoms with van der Waals surface area (Å²) in [5.74, 6) is 0.210. The second-order valence-electron chi connectivity index (χ2n) is 6.35. The summed E-state index contributed by atoms with van der Waals surface area (Å²) in [6.45, 7) is 8.36. The van der Waals surface area contributed by atoms with Gasteiger partial charge in [0.2, 0.25) is 0 Å². The SMILES string of the molecule is CCCCCCCCC(CC)Sc1occc1C(=O)C(C)C. The van der Waals surface area contributed by atoms with Gasteiger partial charge in [-0.2, -0.15) is 0 Å². The summed E-state index contributed by atoms with van der Waals surface area (Å²) >= 11 is 1.75. The molecule has 1 unspecified atom stereocenters. The second kappa shape index (κ2) is 10.9. The molecule has 0 spiro atoms. The molecule has 0 N–H and O–H groups in total. The standard InChI is InChI=1S/C19H32O2S/c1-5-7-8-9-10-11-12-16(6-2)22-19-17(13-14-21-19)18(20)15(3)4/h13-16H,5-12H2,1-4H3. The lowest BCUT2D eigenvalue weighted by Gasteiger charge is -2.14. The molecule has 0 amide bonds. The summed E-state index contributed by atoms with van der Waals surface area (Å²) in [7, 11) is 0. The molecule has 0 aromatic carbocycles. The number of rotatable bonds is 12. The van der Waals surface area contributed by atoms with Crippen LogP contribution < -0.4 is 0 Å². The summed E-state index contributed by atoms with van der Waals surface area (Å²) in [6, 6.07) is 1.82. The molecule has 0 saturated heterocycles. The Morgan fingerprint density at radius 2 is 1.82 bits per heavy atom. The molecule has 1 aromatic heterocycles. The molecule has 2 nitrogen and oxygen atoms in total. The number of hydrogen-bond acceptors (Lipinski definition) is 3. The summed E-state index contributed by atoms with van der Waals surface area (Å²) in [5, 5.41) is 1.37.